The van der Waals surface area contributed by atoms with Crippen molar-refractivity contribution in [1.82, 2.24) is 9.97 Å². The zero-order chi connectivity index (χ0) is 18.7. The molecule has 0 aliphatic heterocycles. The summed E-state index contributed by atoms with van der Waals surface area (Å²) in [5.41, 5.74) is 1.84. The molecule has 0 saturated heterocycles. The van der Waals surface area contributed by atoms with Gasteiger partial charge in [-0.1, -0.05) is 25.0 Å². The number of nitrogens with one attached hydrogen (secondary N) is 1. The molecular weight excluding hydrogens is 332 g/mol. The quantitative estimate of drug-likeness (QED) is 0.659. The summed E-state index contributed by atoms with van der Waals surface area (Å²) in [7, 11) is 0. The van der Waals surface area contributed by atoms with Crippen LogP contribution in [-0.2, 0) is 0 Å². The summed E-state index contributed by atoms with van der Waals surface area (Å²) in [4.78, 5) is 30.8. The molecule has 134 valence electrons. The maximum atomic E-state index is 12.5. The monoisotopic (exact) mass is 352 g/mol. The fourth-order valence-corrected chi connectivity index (χ4v) is 2.68. The Bertz CT molecular complexity index is 1020. The standard InChI is InChI=1S/C20H20N2O4/c1-3-4-9-26-17-8-5-12(2)10-15(17)18-21-16-7-6-13(20(24)25)11-14(16)19(23)22-18/h5-8,10-11H,3-4,9H2,1-2H3,(H,24,25)(H,21,22,23). The predicted octanol–water partition coefficient (Wildman–Crippen LogP) is 3.78. The Hall–Kier alpha value is -3.15. The van der Waals surface area contributed by atoms with E-state index in [-0.39, 0.29) is 16.5 Å². The van der Waals surface area contributed by atoms with Crippen LogP contribution in [0.2, 0.25) is 0 Å². The Morgan fingerprint density at radius 2 is 2.04 bits per heavy atom. The largest absolute Gasteiger partial charge is 0.493 e. The van der Waals surface area contributed by atoms with Gasteiger partial charge in [0, 0.05) is 0 Å². The van der Waals surface area contributed by atoms with Crippen LogP contribution in [0.4, 0.5) is 0 Å². The average molecular weight is 352 g/mol. The summed E-state index contributed by atoms with van der Waals surface area (Å²) in [6, 6.07) is 10.1. The number of aromatic nitrogens is 2. The van der Waals surface area contributed by atoms with E-state index in [0.717, 1.165) is 18.4 Å². The van der Waals surface area contributed by atoms with Crippen LogP contribution in [0, 0.1) is 6.92 Å². The molecule has 1 aromatic heterocycles. The van der Waals surface area contributed by atoms with Crippen molar-refractivity contribution in [3.8, 4) is 17.1 Å². The number of ether oxygens (including phenoxy) is 1. The molecule has 0 unspecified atom stereocenters. The maximum Gasteiger partial charge on any atom is 0.335 e. The average Bonchev–Trinajstić information content (AvgIpc) is 2.62. The van der Waals surface area contributed by atoms with Gasteiger partial charge in [0.1, 0.15) is 11.6 Å². The van der Waals surface area contributed by atoms with Gasteiger partial charge in [0.2, 0.25) is 0 Å². The van der Waals surface area contributed by atoms with Gasteiger partial charge in [-0.05, 0) is 43.7 Å². The van der Waals surface area contributed by atoms with Crippen LogP contribution < -0.4 is 10.3 Å². The van der Waals surface area contributed by atoms with E-state index >= 15 is 0 Å². The normalized spacial score (nSPS) is 10.8. The van der Waals surface area contributed by atoms with Crippen molar-refractivity contribution in [2.75, 3.05) is 6.61 Å². The minimum atomic E-state index is -1.08. The van der Waals surface area contributed by atoms with E-state index in [1.807, 2.05) is 25.1 Å². The number of hydrogen-bond donors (Lipinski definition) is 2. The molecule has 1 heterocycles. The molecule has 6 heteroatoms. The molecular formula is C20H20N2O4. The second-order valence-electron chi connectivity index (χ2n) is 6.15. The summed E-state index contributed by atoms with van der Waals surface area (Å²) in [6.45, 7) is 4.64. The van der Waals surface area contributed by atoms with Gasteiger partial charge in [-0.3, -0.25) is 4.79 Å². The summed E-state index contributed by atoms with van der Waals surface area (Å²) in [5, 5.41) is 9.33. The molecule has 0 amide bonds. The molecule has 2 aromatic carbocycles. The highest BCUT2D eigenvalue weighted by atomic mass is 16.5. The third kappa shape index (κ3) is 3.59. The van der Waals surface area contributed by atoms with Gasteiger partial charge in [0.25, 0.3) is 5.56 Å². The van der Waals surface area contributed by atoms with Gasteiger partial charge < -0.3 is 14.8 Å². The van der Waals surface area contributed by atoms with E-state index in [9.17, 15) is 9.59 Å². The minimum absolute atomic E-state index is 0.0525. The first-order valence-corrected chi connectivity index (χ1v) is 8.51. The smallest absolute Gasteiger partial charge is 0.335 e. The van der Waals surface area contributed by atoms with Crippen molar-refractivity contribution in [3.63, 3.8) is 0 Å². The van der Waals surface area contributed by atoms with E-state index in [0.29, 0.717) is 29.3 Å². The summed E-state index contributed by atoms with van der Waals surface area (Å²) < 4.78 is 5.85. The number of benzene rings is 2. The minimum Gasteiger partial charge on any atom is -0.493 e. The van der Waals surface area contributed by atoms with Crippen LogP contribution in [0.3, 0.4) is 0 Å². The van der Waals surface area contributed by atoms with Gasteiger partial charge in [0.15, 0.2) is 0 Å². The lowest BCUT2D eigenvalue weighted by atomic mass is 10.1. The second-order valence-corrected chi connectivity index (χ2v) is 6.15. The number of aromatic amines is 1. The highest BCUT2D eigenvalue weighted by Gasteiger charge is 2.13. The number of H-pyrrole nitrogens is 1. The molecule has 0 aliphatic carbocycles. The number of hydrogen-bond acceptors (Lipinski definition) is 4. The zero-order valence-electron chi connectivity index (χ0n) is 14.7. The number of fused-ring (bicyclic) bond motifs is 1. The predicted molar refractivity (Wildman–Crippen MR) is 99.9 cm³/mol. The molecule has 0 spiro atoms. The lowest BCUT2D eigenvalue weighted by Crippen LogP contribution is -2.11. The lowest BCUT2D eigenvalue weighted by Gasteiger charge is -2.12. The number of nitrogens with zero attached hydrogens (tertiary/aromatic N) is 1. The Morgan fingerprint density at radius 1 is 1.23 bits per heavy atom. The molecule has 3 aromatic rings. The number of unbranched alkanes of at least 4 members (excludes halogenated alkanes) is 1. The SMILES string of the molecule is CCCCOc1ccc(C)cc1-c1nc2ccc(C(=O)O)cc2c(=O)[nH]1. The number of rotatable bonds is 6. The Balaban J connectivity index is 2.11. The lowest BCUT2D eigenvalue weighted by molar-refractivity contribution is 0.0697. The molecule has 0 radical (unpaired) electrons. The number of aryl methyl sites for hydroxylation is 1. The molecule has 0 atom stereocenters. The van der Waals surface area contributed by atoms with Gasteiger partial charge in [-0.25, -0.2) is 9.78 Å². The van der Waals surface area contributed by atoms with E-state index < -0.39 is 5.97 Å². The molecule has 6 nitrogen and oxygen atoms in total. The Kier molecular flexibility index (Phi) is 5.02. The number of aromatic carboxylic acids is 1. The first kappa shape index (κ1) is 17.7. The first-order chi connectivity index (χ1) is 12.5. The van der Waals surface area contributed by atoms with Gasteiger partial charge in [0.05, 0.1) is 28.6 Å². The molecule has 0 fully saturated rings. The van der Waals surface area contributed by atoms with Crippen LogP contribution in [0.25, 0.3) is 22.3 Å². The fraction of sp³-hybridized carbons (Fsp3) is 0.250. The van der Waals surface area contributed by atoms with Gasteiger partial charge >= 0.3 is 5.97 Å². The fourth-order valence-electron chi connectivity index (χ4n) is 2.68. The van der Waals surface area contributed by atoms with Crippen molar-refractivity contribution in [1.29, 1.82) is 0 Å². The van der Waals surface area contributed by atoms with Crippen molar-refractivity contribution < 1.29 is 14.6 Å². The first-order valence-electron chi connectivity index (χ1n) is 8.51. The molecule has 0 saturated carbocycles. The van der Waals surface area contributed by atoms with E-state index in [1.54, 1.807) is 6.07 Å². The molecule has 2 N–H and O–H groups in total. The van der Waals surface area contributed by atoms with E-state index in [4.69, 9.17) is 9.84 Å². The summed E-state index contributed by atoms with van der Waals surface area (Å²) in [5.74, 6) is -0.0184. The van der Waals surface area contributed by atoms with E-state index in [1.165, 1.54) is 12.1 Å². The highest BCUT2D eigenvalue weighted by Crippen LogP contribution is 2.29. The third-order valence-corrected chi connectivity index (χ3v) is 4.10. The molecule has 3 rings (SSSR count). The van der Waals surface area contributed by atoms with E-state index in [2.05, 4.69) is 16.9 Å². The van der Waals surface area contributed by atoms with Gasteiger partial charge in [-0.15, -0.1) is 0 Å². The number of carboxylic acid groups (broad SMARTS) is 1. The van der Waals surface area contributed by atoms with Crippen molar-refractivity contribution in [2.24, 2.45) is 0 Å². The summed E-state index contributed by atoms with van der Waals surface area (Å²) in [6.07, 6.45) is 1.96. The van der Waals surface area contributed by atoms with Crippen LogP contribution in [0.15, 0.2) is 41.2 Å². The zero-order valence-corrected chi connectivity index (χ0v) is 14.7. The van der Waals surface area contributed by atoms with Crippen LogP contribution in [0.1, 0.15) is 35.7 Å². The molecule has 0 bridgehead atoms. The highest BCUT2D eigenvalue weighted by molar-refractivity contribution is 5.93. The topological polar surface area (TPSA) is 92.3 Å². The van der Waals surface area contributed by atoms with Crippen molar-refractivity contribution in [2.45, 2.75) is 26.7 Å². The van der Waals surface area contributed by atoms with Crippen LogP contribution >= 0.6 is 0 Å². The van der Waals surface area contributed by atoms with Gasteiger partial charge in [-0.2, -0.15) is 0 Å². The summed E-state index contributed by atoms with van der Waals surface area (Å²) >= 11 is 0. The Labute approximate surface area is 150 Å². The molecule has 0 aliphatic rings. The molecule has 26 heavy (non-hydrogen) atoms. The van der Waals surface area contributed by atoms with Crippen molar-refractivity contribution >= 4 is 16.9 Å². The number of carboxylic acids is 1. The van der Waals surface area contributed by atoms with Crippen LogP contribution in [-0.4, -0.2) is 27.7 Å². The van der Waals surface area contributed by atoms with Crippen LogP contribution in [0.5, 0.6) is 5.75 Å². The second kappa shape index (κ2) is 7.39. The maximum absolute atomic E-state index is 12.5. The Morgan fingerprint density at radius 3 is 2.77 bits per heavy atom. The third-order valence-electron chi connectivity index (χ3n) is 4.10. The van der Waals surface area contributed by atoms with Crippen molar-refractivity contribution in [3.05, 3.63) is 57.9 Å². The number of carbonyl (C=O) groups is 1.